The van der Waals surface area contributed by atoms with Crippen LogP contribution in [0.15, 0.2) is 41.9 Å². The Morgan fingerprint density at radius 2 is 2.15 bits per heavy atom. The predicted octanol–water partition coefficient (Wildman–Crippen LogP) is 3.91. The van der Waals surface area contributed by atoms with E-state index in [0.29, 0.717) is 22.5 Å². The van der Waals surface area contributed by atoms with Crippen LogP contribution in [-0.2, 0) is 6.54 Å². The van der Waals surface area contributed by atoms with E-state index in [1.807, 2.05) is 23.2 Å². The van der Waals surface area contributed by atoms with E-state index in [0.717, 1.165) is 31.5 Å². The summed E-state index contributed by atoms with van der Waals surface area (Å²) in [7, 11) is 0. The number of nitrogens with zero attached hydrogens (tertiary/aromatic N) is 3. The highest BCUT2D eigenvalue weighted by Gasteiger charge is 2.22. The highest BCUT2D eigenvalue weighted by molar-refractivity contribution is 6.36. The van der Waals surface area contributed by atoms with Crippen molar-refractivity contribution in [1.82, 2.24) is 14.9 Å². The third-order valence-corrected chi connectivity index (χ3v) is 5.28. The molecule has 1 saturated carbocycles. The molecule has 3 rings (SSSR count). The van der Waals surface area contributed by atoms with Crippen molar-refractivity contribution in [1.29, 1.82) is 0 Å². The maximum Gasteiger partial charge on any atom is 0.196 e. The minimum Gasteiger partial charge on any atom is -0.352 e. The fourth-order valence-corrected chi connectivity index (χ4v) is 3.67. The zero-order valence-electron chi connectivity index (χ0n) is 15.2. The number of halogens is 2. The first-order valence-electron chi connectivity index (χ1n) is 9.36. The number of anilines is 1. The molecule has 2 aromatic rings. The Labute approximate surface area is 170 Å². The van der Waals surface area contributed by atoms with E-state index >= 15 is 0 Å². The van der Waals surface area contributed by atoms with Crippen molar-refractivity contribution in [3.05, 3.63) is 47.0 Å². The smallest absolute Gasteiger partial charge is 0.196 e. The molecule has 146 valence electrons. The van der Waals surface area contributed by atoms with Crippen molar-refractivity contribution < 1.29 is 0 Å². The molecule has 2 atom stereocenters. The van der Waals surface area contributed by atoms with Gasteiger partial charge in [-0.25, -0.2) is 4.98 Å². The number of hydrogen-bond donors (Lipinski definition) is 3. The summed E-state index contributed by atoms with van der Waals surface area (Å²) in [6.07, 6.45) is 10.9. The number of hydrogen-bond acceptors (Lipinski definition) is 3. The molecule has 0 spiro atoms. The molecule has 27 heavy (non-hydrogen) atoms. The number of aryl methyl sites for hydroxylation is 1. The van der Waals surface area contributed by atoms with Crippen LogP contribution < -0.4 is 16.4 Å². The lowest BCUT2D eigenvalue weighted by molar-refractivity contribution is 0.360. The van der Waals surface area contributed by atoms with E-state index in [4.69, 9.17) is 33.9 Å². The van der Waals surface area contributed by atoms with Crippen LogP contribution in [0.3, 0.4) is 0 Å². The van der Waals surface area contributed by atoms with Crippen molar-refractivity contribution in [3.8, 4) is 0 Å². The van der Waals surface area contributed by atoms with E-state index in [1.54, 1.807) is 18.3 Å². The van der Waals surface area contributed by atoms with Crippen molar-refractivity contribution in [2.75, 3.05) is 11.9 Å². The standard InChI is InChI=1S/C19H26Cl2N6/c20-14-6-7-17(15(21)12-14)25-19(26-18-5-2-1-4-16(18)22)24-8-3-10-27-11-9-23-13-27/h6-7,9,11-13,16,18H,1-5,8,10,22H2,(H2,24,25,26)/t16-,18-/m0/s1. The van der Waals surface area contributed by atoms with Crippen LogP contribution >= 0.6 is 23.2 Å². The number of aliphatic imine (C=N–C) groups is 1. The van der Waals surface area contributed by atoms with Gasteiger partial charge < -0.3 is 20.9 Å². The lowest BCUT2D eigenvalue weighted by Crippen LogP contribution is -2.51. The fourth-order valence-electron chi connectivity index (χ4n) is 3.22. The molecule has 8 heteroatoms. The number of benzene rings is 1. The minimum absolute atomic E-state index is 0.136. The summed E-state index contributed by atoms with van der Waals surface area (Å²) in [5, 5.41) is 7.96. The van der Waals surface area contributed by atoms with Gasteiger partial charge >= 0.3 is 0 Å². The molecule has 1 heterocycles. The highest BCUT2D eigenvalue weighted by Crippen LogP contribution is 2.25. The summed E-state index contributed by atoms with van der Waals surface area (Å²) < 4.78 is 2.04. The summed E-state index contributed by atoms with van der Waals surface area (Å²) in [6, 6.07) is 5.73. The number of guanidine groups is 1. The zero-order valence-corrected chi connectivity index (χ0v) is 16.8. The topological polar surface area (TPSA) is 80.3 Å². The lowest BCUT2D eigenvalue weighted by atomic mass is 9.91. The maximum atomic E-state index is 6.31. The van der Waals surface area contributed by atoms with Crippen molar-refractivity contribution in [2.45, 2.75) is 50.7 Å². The number of nitrogens with one attached hydrogen (secondary N) is 2. The molecule has 0 amide bonds. The van der Waals surface area contributed by atoms with Gasteiger partial charge in [-0.15, -0.1) is 0 Å². The molecule has 1 aromatic carbocycles. The molecule has 1 aliphatic carbocycles. The van der Waals surface area contributed by atoms with Gasteiger partial charge in [-0.05, 0) is 37.5 Å². The van der Waals surface area contributed by atoms with E-state index < -0.39 is 0 Å². The zero-order chi connectivity index (χ0) is 19.1. The number of imidazole rings is 1. The van der Waals surface area contributed by atoms with Gasteiger partial charge in [0, 0.05) is 42.6 Å². The van der Waals surface area contributed by atoms with Crippen LogP contribution in [0.4, 0.5) is 5.69 Å². The summed E-state index contributed by atoms with van der Waals surface area (Å²) in [6.45, 7) is 1.56. The van der Waals surface area contributed by atoms with E-state index in [1.165, 1.54) is 12.8 Å². The van der Waals surface area contributed by atoms with Crippen LogP contribution in [0.5, 0.6) is 0 Å². The molecule has 6 nitrogen and oxygen atoms in total. The molecular weight excluding hydrogens is 383 g/mol. The first-order valence-corrected chi connectivity index (χ1v) is 10.1. The third kappa shape index (κ3) is 6.13. The second-order valence-electron chi connectivity index (χ2n) is 6.83. The average molecular weight is 409 g/mol. The Hall–Kier alpha value is -1.76. The quantitative estimate of drug-likeness (QED) is 0.384. The summed E-state index contributed by atoms with van der Waals surface area (Å²) in [4.78, 5) is 8.78. The maximum absolute atomic E-state index is 6.31. The lowest BCUT2D eigenvalue weighted by Gasteiger charge is -2.30. The van der Waals surface area contributed by atoms with E-state index in [-0.39, 0.29) is 12.1 Å². The Balaban J connectivity index is 1.65. The van der Waals surface area contributed by atoms with Crippen molar-refractivity contribution in [2.24, 2.45) is 10.7 Å². The van der Waals surface area contributed by atoms with Gasteiger partial charge in [-0.3, -0.25) is 4.99 Å². The van der Waals surface area contributed by atoms with Crippen LogP contribution in [0.1, 0.15) is 32.1 Å². The van der Waals surface area contributed by atoms with Gasteiger partial charge in [-0.1, -0.05) is 36.0 Å². The van der Waals surface area contributed by atoms with Crippen LogP contribution in [-0.4, -0.2) is 34.1 Å². The number of nitrogens with two attached hydrogens (primary N) is 1. The van der Waals surface area contributed by atoms with Gasteiger partial charge in [-0.2, -0.15) is 0 Å². The van der Waals surface area contributed by atoms with E-state index in [9.17, 15) is 0 Å². The number of rotatable bonds is 6. The third-order valence-electron chi connectivity index (χ3n) is 4.73. The van der Waals surface area contributed by atoms with E-state index in [2.05, 4.69) is 15.6 Å². The fraction of sp³-hybridized carbons (Fsp3) is 0.474. The Kier molecular flexibility index (Phi) is 7.38. The summed E-state index contributed by atoms with van der Waals surface area (Å²) in [5.74, 6) is 0.701. The molecule has 0 unspecified atom stereocenters. The molecule has 1 fully saturated rings. The van der Waals surface area contributed by atoms with Gasteiger partial charge in [0.2, 0.25) is 0 Å². The molecule has 0 saturated heterocycles. The van der Waals surface area contributed by atoms with Crippen molar-refractivity contribution in [3.63, 3.8) is 0 Å². The van der Waals surface area contributed by atoms with Gasteiger partial charge in [0.15, 0.2) is 5.96 Å². The van der Waals surface area contributed by atoms with Crippen LogP contribution in [0, 0.1) is 0 Å². The Morgan fingerprint density at radius 1 is 1.30 bits per heavy atom. The largest absolute Gasteiger partial charge is 0.352 e. The molecular formula is C19H26Cl2N6. The SMILES string of the molecule is N[C@H]1CCCC[C@@H]1NC(=NCCCn1ccnc1)Nc1ccc(Cl)cc1Cl. The molecule has 1 aliphatic rings. The Bertz CT molecular complexity index is 747. The second kappa shape index (κ2) is 9.97. The molecule has 4 N–H and O–H groups in total. The van der Waals surface area contributed by atoms with Crippen LogP contribution in [0.2, 0.25) is 10.0 Å². The monoisotopic (exact) mass is 408 g/mol. The van der Waals surface area contributed by atoms with Gasteiger partial charge in [0.1, 0.15) is 0 Å². The molecule has 0 radical (unpaired) electrons. The van der Waals surface area contributed by atoms with Gasteiger partial charge in [0.05, 0.1) is 17.0 Å². The first-order chi connectivity index (χ1) is 13.1. The highest BCUT2D eigenvalue weighted by atomic mass is 35.5. The summed E-state index contributed by atoms with van der Waals surface area (Å²) >= 11 is 12.3. The van der Waals surface area contributed by atoms with Crippen molar-refractivity contribution >= 4 is 34.8 Å². The molecule has 1 aromatic heterocycles. The minimum atomic E-state index is 0.136. The summed E-state index contributed by atoms with van der Waals surface area (Å²) in [5.41, 5.74) is 7.06. The first kappa shape index (κ1) is 20.0. The predicted molar refractivity (Wildman–Crippen MR) is 113 cm³/mol. The Morgan fingerprint density at radius 3 is 2.89 bits per heavy atom. The molecule has 0 bridgehead atoms. The normalized spacial score (nSPS) is 20.5. The molecule has 0 aliphatic heterocycles. The van der Waals surface area contributed by atoms with Crippen LogP contribution in [0.25, 0.3) is 0 Å². The average Bonchev–Trinajstić information content (AvgIpc) is 3.16. The number of aromatic nitrogens is 2. The van der Waals surface area contributed by atoms with Gasteiger partial charge in [0.25, 0.3) is 0 Å². The second-order valence-corrected chi connectivity index (χ2v) is 7.68.